The van der Waals surface area contributed by atoms with Gasteiger partial charge >= 0.3 is 0 Å². The molecule has 0 aliphatic heterocycles. The van der Waals surface area contributed by atoms with Gasteiger partial charge in [0, 0.05) is 23.6 Å². The highest BCUT2D eigenvalue weighted by Crippen LogP contribution is 2.23. The zero-order valence-electron chi connectivity index (χ0n) is 16.3. The van der Waals surface area contributed by atoms with Crippen LogP contribution in [-0.4, -0.2) is 38.5 Å². The summed E-state index contributed by atoms with van der Waals surface area (Å²) < 4.78 is 12.5. The maximum atomic E-state index is 12.2. The lowest BCUT2D eigenvalue weighted by molar-refractivity contribution is -0.113. The normalized spacial score (nSPS) is 10.5. The van der Waals surface area contributed by atoms with Crippen molar-refractivity contribution in [2.24, 2.45) is 0 Å². The summed E-state index contributed by atoms with van der Waals surface area (Å²) >= 11 is 1.13. The summed E-state index contributed by atoms with van der Waals surface area (Å²) in [6, 6.07) is 16.3. The van der Waals surface area contributed by atoms with E-state index < -0.39 is 0 Å². The van der Waals surface area contributed by atoms with Gasteiger partial charge in [0.15, 0.2) is 0 Å². The summed E-state index contributed by atoms with van der Waals surface area (Å²) in [6.45, 7) is 0. The van der Waals surface area contributed by atoms with Gasteiger partial charge in [-0.3, -0.25) is 4.79 Å². The number of rotatable bonds is 7. The Morgan fingerprint density at radius 3 is 2.87 bits per heavy atom. The number of nitrogens with one attached hydrogen (secondary N) is 1. The smallest absolute Gasteiger partial charge is 0.277 e. The predicted molar refractivity (Wildman–Crippen MR) is 114 cm³/mol. The minimum atomic E-state index is -0.205. The average Bonchev–Trinajstić information content (AvgIpc) is 3.48. The molecule has 2 aromatic heterocycles. The molecule has 0 atom stereocenters. The summed E-state index contributed by atoms with van der Waals surface area (Å²) in [5, 5.41) is 19.9. The van der Waals surface area contributed by atoms with Gasteiger partial charge in [0.05, 0.1) is 24.5 Å². The molecule has 1 amide bonds. The highest BCUT2D eigenvalue weighted by Gasteiger charge is 2.14. The van der Waals surface area contributed by atoms with Gasteiger partial charge in [-0.15, -0.1) is 10.2 Å². The number of aromatic nitrogens is 4. The molecule has 1 N–H and O–H groups in total. The number of nitriles is 1. The molecule has 0 fully saturated rings. The van der Waals surface area contributed by atoms with E-state index in [1.807, 2.05) is 12.1 Å². The van der Waals surface area contributed by atoms with E-state index in [2.05, 4.69) is 26.6 Å². The zero-order chi connectivity index (χ0) is 21.6. The molecular weight excluding hydrogens is 416 g/mol. The highest BCUT2D eigenvalue weighted by molar-refractivity contribution is 7.99. The first-order valence-electron chi connectivity index (χ1n) is 9.10. The Labute approximate surface area is 181 Å². The third-order valence-corrected chi connectivity index (χ3v) is 5.00. The molecule has 4 rings (SSSR count). The minimum Gasteiger partial charge on any atom is -0.497 e. The molecule has 0 radical (unpaired) electrons. The average molecular weight is 432 g/mol. The summed E-state index contributed by atoms with van der Waals surface area (Å²) in [4.78, 5) is 16.5. The Morgan fingerprint density at radius 1 is 1.26 bits per heavy atom. The van der Waals surface area contributed by atoms with E-state index in [9.17, 15) is 4.79 Å². The maximum Gasteiger partial charge on any atom is 0.277 e. The summed E-state index contributed by atoms with van der Waals surface area (Å²) in [7, 11) is 1.57. The molecule has 0 aliphatic rings. The fourth-order valence-electron chi connectivity index (χ4n) is 2.68. The van der Waals surface area contributed by atoms with Crippen LogP contribution in [0.15, 0.2) is 70.7 Å². The minimum absolute atomic E-state index is 0.110. The number of benzene rings is 2. The maximum absolute atomic E-state index is 12.2. The van der Waals surface area contributed by atoms with Crippen LogP contribution in [0, 0.1) is 11.3 Å². The van der Waals surface area contributed by atoms with E-state index in [1.165, 1.54) is 0 Å². The molecule has 0 bridgehead atoms. The molecule has 9 nitrogen and oxygen atoms in total. The molecule has 2 heterocycles. The lowest BCUT2D eigenvalue weighted by Crippen LogP contribution is -2.13. The van der Waals surface area contributed by atoms with Crippen LogP contribution in [0.4, 0.5) is 5.69 Å². The van der Waals surface area contributed by atoms with Crippen molar-refractivity contribution in [3.05, 3.63) is 66.6 Å². The molecule has 2 aromatic carbocycles. The molecule has 31 heavy (non-hydrogen) atoms. The van der Waals surface area contributed by atoms with Gasteiger partial charge in [-0.25, -0.2) is 4.98 Å². The molecule has 4 aromatic rings. The van der Waals surface area contributed by atoms with Crippen LogP contribution >= 0.6 is 11.8 Å². The van der Waals surface area contributed by atoms with E-state index in [1.54, 1.807) is 60.6 Å². The van der Waals surface area contributed by atoms with Gasteiger partial charge in [-0.1, -0.05) is 17.8 Å². The molecule has 0 saturated heterocycles. The SMILES string of the molecule is COc1cccc(NC(=O)CSc2nnc(-c3cn(-c4ccc(C#N)cc4)cn3)o2)c1. The monoisotopic (exact) mass is 432 g/mol. The lowest BCUT2D eigenvalue weighted by atomic mass is 10.2. The number of carbonyl (C=O) groups is 1. The highest BCUT2D eigenvalue weighted by atomic mass is 32.2. The third kappa shape index (κ3) is 4.91. The second-order valence-electron chi connectivity index (χ2n) is 6.27. The fraction of sp³-hybridized carbons (Fsp3) is 0.0952. The number of amides is 1. The van der Waals surface area contributed by atoms with Crippen molar-refractivity contribution >= 4 is 23.4 Å². The van der Waals surface area contributed by atoms with Crippen molar-refractivity contribution in [2.75, 3.05) is 18.2 Å². The number of methoxy groups -OCH3 is 1. The van der Waals surface area contributed by atoms with Crippen LogP contribution in [0.2, 0.25) is 0 Å². The van der Waals surface area contributed by atoms with E-state index in [0.29, 0.717) is 22.7 Å². The third-order valence-electron chi connectivity index (χ3n) is 4.18. The summed E-state index contributed by atoms with van der Waals surface area (Å²) in [6.07, 6.45) is 3.37. The van der Waals surface area contributed by atoms with Gasteiger partial charge < -0.3 is 19.0 Å². The first kappa shape index (κ1) is 20.2. The van der Waals surface area contributed by atoms with Crippen LogP contribution < -0.4 is 10.1 Å². The van der Waals surface area contributed by atoms with Gasteiger partial charge in [0.1, 0.15) is 17.8 Å². The first-order valence-corrected chi connectivity index (χ1v) is 10.1. The number of imidazole rings is 1. The molecule has 0 spiro atoms. The van der Waals surface area contributed by atoms with Gasteiger partial charge in [-0.05, 0) is 36.4 Å². The first-order chi connectivity index (χ1) is 15.1. The Morgan fingerprint density at radius 2 is 2.10 bits per heavy atom. The quantitative estimate of drug-likeness (QED) is 0.441. The van der Waals surface area contributed by atoms with Gasteiger partial charge in [0.25, 0.3) is 11.1 Å². The van der Waals surface area contributed by atoms with Crippen molar-refractivity contribution in [2.45, 2.75) is 5.22 Å². The van der Waals surface area contributed by atoms with E-state index in [4.69, 9.17) is 14.4 Å². The largest absolute Gasteiger partial charge is 0.497 e. The van der Waals surface area contributed by atoms with E-state index in [0.717, 1.165) is 17.4 Å². The molecule has 0 saturated carbocycles. The molecular formula is C21H16N6O3S. The van der Waals surface area contributed by atoms with E-state index >= 15 is 0 Å². The van der Waals surface area contributed by atoms with Crippen molar-refractivity contribution in [1.29, 1.82) is 5.26 Å². The number of nitrogens with zero attached hydrogens (tertiary/aromatic N) is 5. The Kier molecular flexibility index (Phi) is 5.96. The Bertz CT molecular complexity index is 1240. The van der Waals surface area contributed by atoms with Gasteiger partial charge in [0.2, 0.25) is 5.91 Å². The molecule has 10 heteroatoms. The second kappa shape index (κ2) is 9.15. The van der Waals surface area contributed by atoms with Crippen LogP contribution in [0.5, 0.6) is 5.75 Å². The number of thioether (sulfide) groups is 1. The van der Waals surface area contributed by atoms with Crippen molar-refractivity contribution < 1.29 is 13.9 Å². The number of carbonyl (C=O) groups excluding carboxylic acids is 1. The van der Waals surface area contributed by atoms with Crippen molar-refractivity contribution in [3.8, 4) is 29.1 Å². The van der Waals surface area contributed by atoms with Crippen LogP contribution in [0.25, 0.3) is 17.3 Å². The van der Waals surface area contributed by atoms with Crippen LogP contribution in [-0.2, 0) is 4.79 Å². The van der Waals surface area contributed by atoms with Crippen molar-refractivity contribution in [3.63, 3.8) is 0 Å². The van der Waals surface area contributed by atoms with Crippen molar-refractivity contribution in [1.82, 2.24) is 19.7 Å². The fourth-order valence-corrected chi connectivity index (χ4v) is 3.24. The summed E-state index contributed by atoms with van der Waals surface area (Å²) in [5.41, 5.74) is 2.58. The predicted octanol–water partition coefficient (Wildman–Crippen LogP) is 3.53. The number of hydrogen-bond acceptors (Lipinski definition) is 8. The second-order valence-corrected chi connectivity index (χ2v) is 7.19. The number of ether oxygens (including phenoxy) is 1. The Hall–Kier alpha value is -4.10. The topological polar surface area (TPSA) is 119 Å². The molecule has 0 unspecified atom stereocenters. The zero-order valence-corrected chi connectivity index (χ0v) is 17.2. The number of hydrogen-bond donors (Lipinski definition) is 1. The Balaban J connectivity index is 1.36. The molecule has 0 aliphatic carbocycles. The van der Waals surface area contributed by atoms with Gasteiger partial charge in [-0.2, -0.15) is 5.26 Å². The number of anilines is 1. The van der Waals surface area contributed by atoms with Crippen LogP contribution in [0.3, 0.4) is 0 Å². The summed E-state index contributed by atoms with van der Waals surface area (Å²) in [5.74, 6) is 0.817. The standard InChI is InChI=1S/C21H16N6O3S/c1-29-17-4-2-3-15(9-17)24-19(28)12-31-21-26-25-20(30-21)18-11-27(13-23-18)16-7-5-14(10-22)6-8-16/h2-9,11,13H,12H2,1H3,(H,24,28). The van der Waals surface area contributed by atoms with E-state index in [-0.39, 0.29) is 22.8 Å². The van der Waals surface area contributed by atoms with Crippen LogP contribution in [0.1, 0.15) is 5.56 Å². The molecule has 154 valence electrons. The lowest BCUT2D eigenvalue weighted by Gasteiger charge is -2.05.